The van der Waals surface area contributed by atoms with Gasteiger partial charge in [-0.15, -0.1) is 0 Å². The van der Waals surface area contributed by atoms with E-state index >= 15 is 0 Å². The molecule has 0 spiro atoms. The van der Waals surface area contributed by atoms with Crippen molar-refractivity contribution >= 4 is 55.4 Å². The van der Waals surface area contributed by atoms with Gasteiger partial charge in [0, 0.05) is 22.0 Å². The lowest BCUT2D eigenvalue weighted by molar-refractivity contribution is -0.123. The summed E-state index contributed by atoms with van der Waals surface area (Å²) in [6.45, 7) is 10.2. The van der Waals surface area contributed by atoms with Crippen LogP contribution in [0, 0.1) is 11.8 Å². The molecular weight excluding hydrogens is 628 g/mol. The number of nitrogens with one attached hydrogen (secondary N) is 1. The average Bonchev–Trinajstić information content (AvgIpc) is 3.24. The summed E-state index contributed by atoms with van der Waals surface area (Å²) in [5.74, 6) is 0.762. The maximum absolute atomic E-state index is 14.4. The van der Waals surface area contributed by atoms with E-state index in [1.807, 2.05) is 53.4 Å². The average molecular weight is 673 g/mol. The molecule has 2 unspecified atom stereocenters. The number of amides is 1. The molecule has 0 bridgehead atoms. The highest BCUT2D eigenvalue weighted by Gasteiger charge is 2.39. The topological polar surface area (TPSA) is 49.4 Å². The molecule has 0 saturated carbocycles. The summed E-state index contributed by atoms with van der Waals surface area (Å²) >= 11 is 7.08. The molecule has 0 aromatic heterocycles. The van der Waals surface area contributed by atoms with Crippen LogP contribution in [0.1, 0.15) is 90.2 Å². The highest BCUT2D eigenvalue weighted by Crippen LogP contribution is 2.40. The van der Waals surface area contributed by atoms with Crippen LogP contribution in [-0.4, -0.2) is 30.2 Å². The number of halogens is 2. The minimum atomic E-state index is -0.0954. The number of benzene rings is 2. The van der Waals surface area contributed by atoms with Crippen LogP contribution >= 0.6 is 31.9 Å². The minimum Gasteiger partial charge on any atom is -0.384 e. The Kier molecular flexibility index (Phi) is 13.2. The van der Waals surface area contributed by atoms with Gasteiger partial charge in [-0.05, 0) is 60.1 Å². The summed E-state index contributed by atoms with van der Waals surface area (Å²) in [6.07, 6.45) is 9.73. The number of hydrogen-bond acceptors (Lipinski definition) is 3. The summed E-state index contributed by atoms with van der Waals surface area (Å²) in [7, 11) is 0. The second-order valence-corrected chi connectivity index (χ2v) is 12.6. The van der Waals surface area contributed by atoms with Gasteiger partial charge in [-0.2, -0.15) is 0 Å². The monoisotopic (exact) mass is 670 g/mol. The molecule has 2 atom stereocenters. The lowest BCUT2D eigenvalue weighted by Gasteiger charge is -2.26. The normalized spacial score (nSPS) is 16.4. The van der Waals surface area contributed by atoms with Crippen molar-refractivity contribution in [3.8, 4) is 0 Å². The summed E-state index contributed by atoms with van der Waals surface area (Å²) in [4.78, 5) is 29.2. The highest BCUT2D eigenvalue weighted by atomic mass is 79.9. The first kappa shape index (κ1) is 32.3. The van der Waals surface area contributed by atoms with Crippen LogP contribution in [0.2, 0.25) is 0 Å². The zero-order valence-electron chi connectivity index (χ0n) is 24.4. The van der Waals surface area contributed by atoms with Gasteiger partial charge < -0.3 is 10.2 Å². The number of carbonyl (C=O) groups excluding carboxylic acids is 2. The van der Waals surface area contributed by atoms with Gasteiger partial charge in [0.2, 0.25) is 0 Å². The fraction of sp³-hybridized carbons (Fsp3) is 0.471. The van der Waals surface area contributed by atoms with Crippen molar-refractivity contribution in [2.75, 3.05) is 13.1 Å². The molecule has 1 heterocycles. The van der Waals surface area contributed by atoms with Crippen LogP contribution in [0.25, 0.3) is 11.4 Å². The van der Waals surface area contributed by atoms with E-state index in [4.69, 9.17) is 0 Å². The maximum Gasteiger partial charge on any atom is 0.261 e. The molecule has 4 nitrogen and oxygen atoms in total. The second kappa shape index (κ2) is 16.3. The molecule has 1 amide bonds. The highest BCUT2D eigenvalue weighted by molar-refractivity contribution is 9.10. The van der Waals surface area contributed by atoms with Crippen molar-refractivity contribution in [3.63, 3.8) is 0 Å². The summed E-state index contributed by atoms with van der Waals surface area (Å²) in [5.41, 5.74) is 4.19. The van der Waals surface area contributed by atoms with Crippen LogP contribution in [0.3, 0.4) is 0 Å². The van der Waals surface area contributed by atoms with Gasteiger partial charge >= 0.3 is 0 Å². The first-order valence-electron chi connectivity index (χ1n) is 14.9. The van der Waals surface area contributed by atoms with Crippen LogP contribution in [0.4, 0.5) is 0 Å². The van der Waals surface area contributed by atoms with Gasteiger partial charge in [0.05, 0.1) is 22.5 Å². The SMILES string of the molecule is CCCCC(CC)CN/C(=C1/C(=O)N(CC(CC)CCCC)C(c2ccc(Br)cc2)=C1C=O)c1ccc(Br)cc1. The molecule has 0 saturated heterocycles. The zero-order chi connectivity index (χ0) is 29.1. The van der Waals surface area contributed by atoms with E-state index in [1.54, 1.807) is 0 Å². The van der Waals surface area contributed by atoms with Crippen LogP contribution in [0.15, 0.2) is 68.6 Å². The fourth-order valence-corrected chi connectivity index (χ4v) is 5.91. The second-order valence-electron chi connectivity index (χ2n) is 10.8. The van der Waals surface area contributed by atoms with Crippen LogP contribution in [-0.2, 0) is 9.59 Å². The number of nitrogens with zero attached hydrogens (tertiary/aromatic N) is 1. The first-order valence-corrected chi connectivity index (χ1v) is 16.5. The summed E-state index contributed by atoms with van der Waals surface area (Å²) < 4.78 is 1.93. The van der Waals surface area contributed by atoms with E-state index in [9.17, 15) is 9.59 Å². The third kappa shape index (κ3) is 8.19. The number of aldehydes is 1. The number of hydrogen-bond donors (Lipinski definition) is 1. The van der Waals surface area contributed by atoms with Gasteiger partial charge in [-0.25, -0.2) is 0 Å². The van der Waals surface area contributed by atoms with Crippen molar-refractivity contribution in [2.45, 2.75) is 79.1 Å². The van der Waals surface area contributed by atoms with E-state index < -0.39 is 0 Å². The first-order chi connectivity index (χ1) is 19.4. The van der Waals surface area contributed by atoms with E-state index in [2.05, 4.69) is 64.9 Å². The summed E-state index contributed by atoms with van der Waals surface area (Å²) in [6, 6.07) is 15.9. The molecule has 216 valence electrons. The van der Waals surface area contributed by atoms with Gasteiger partial charge in [-0.1, -0.05) is 122 Å². The molecule has 0 aliphatic carbocycles. The van der Waals surface area contributed by atoms with Crippen LogP contribution < -0.4 is 5.32 Å². The summed E-state index contributed by atoms with van der Waals surface area (Å²) in [5, 5.41) is 3.67. The minimum absolute atomic E-state index is 0.0954. The standard InChI is InChI=1S/C34H44Br2N2O2/c1-5-9-11-24(7-3)21-37-32(26-13-17-28(35)18-14-26)31-30(23-39)33(27-15-19-29(36)20-16-27)38(34(31)40)22-25(8-4)12-10-6-2/h13-20,23-25,37H,5-12,21-22H2,1-4H3/b32-31+. The van der Waals surface area contributed by atoms with E-state index in [-0.39, 0.29) is 5.91 Å². The molecule has 1 aliphatic rings. The van der Waals surface area contributed by atoms with Gasteiger partial charge in [0.15, 0.2) is 6.29 Å². The molecule has 40 heavy (non-hydrogen) atoms. The third-order valence-electron chi connectivity index (χ3n) is 7.97. The van der Waals surface area contributed by atoms with E-state index in [0.717, 1.165) is 83.5 Å². The molecule has 2 aromatic rings. The third-order valence-corrected chi connectivity index (χ3v) is 9.02. The fourth-order valence-electron chi connectivity index (χ4n) is 5.38. The van der Waals surface area contributed by atoms with E-state index in [0.29, 0.717) is 35.2 Å². The Morgan fingerprint density at radius 3 is 1.93 bits per heavy atom. The molecule has 1 aliphatic heterocycles. The Morgan fingerprint density at radius 2 is 1.40 bits per heavy atom. The molecule has 1 N–H and O–H groups in total. The number of carbonyl (C=O) groups is 2. The Bertz CT molecular complexity index is 1190. The van der Waals surface area contributed by atoms with Gasteiger partial charge in [0.1, 0.15) is 0 Å². The largest absolute Gasteiger partial charge is 0.384 e. The molecular formula is C34H44Br2N2O2. The van der Waals surface area contributed by atoms with Crippen molar-refractivity contribution in [1.82, 2.24) is 10.2 Å². The Morgan fingerprint density at radius 1 is 0.850 bits per heavy atom. The lowest BCUT2D eigenvalue weighted by atomic mass is 9.96. The van der Waals surface area contributed by atoms with Gasteiger partial charge in [0.25, 0.3) is 5.91 Å². The Balaban J connectivity index is 2.19. The number of unbranched alkanes of at least 4 members (excludes halogenated alkanes) is 2. The predicted octanol–water partition coefficient (Wildman–Crippen LogP) is 9.40. The molecule has 2 aromatic carbocycles. The van der Waals surface area contributed by atoms with Crippen molar-refractivity contribution < 1.29 is 9.59 Å². The lowest BCUT2D eigenvalue weighted by Crippen LogP contribution is -2.32. The van der Waals surface area contributed by atoms with Crippen molar-refractivity contribution in [3.05, 3.63) is 79.7 Å². The Labute approximate surface area is 258 Å². The molecule has 0 radical (unpaired) electrons. The molecule has 6 heteroatoms. The zero-order valence-corrected chi connectivity index (χ0v) is 27.6. The van der Waals surface area contributed by atoms with Crippen LogP contribution in [0.5, 0.6) is 0 Å². The molecule has 0 fully saturated rings. The smallest absolute Gasteiger partial charge is 0.261 e. The molecule has 3 rings (SSSR count). The van der Waals surface area contributed by atoms with Gasteiger partial charge in [-0.3, -0.25) is 9.59 Å². The Hall–Kier alpha value is -2.18. The number of rotatable bonds is 16. The predicted molar refractivity (Wildman–Crippen MR) is 175 cm³/mol. The van der Waals surface area contributed by atoms with E-state index in [1.165, 1.54) is 6.42 Å². The van der Waals surface area contributed by atoms with Crippen molar-refractivity contribution in [1.29, 1.82) is 0 Å². The van der Waals surface area contributed by atoms with Crippen molar-refractivity contribution in [2.24, 2.45) is 11.8 Å². The maximum atomic E-state index is 14.4. The quantitative estimate of drug-likeness (QED) is 0.143.